The number of likely N-dealkylation sites (tertiary alicyclic amines) is 1. The molecular weight excluding hydrogens is 324 g/mol. The molecule has 1 fully saturated rings. The normalized spacial score (nSPS) is 31.2. The fraction of sp³-hybridized carbons (Fsp3) is 0.615. The van der Waals surface area contributed by atoms with Crippen LogP contribution in [0.15, 0.2) is 6.07 Å². The van der Waals surface area contributed by atoms with E-state index in [1.165, 1.54) is 11.0 Å². The zero-order valence-electron chi connectivity index (χ0n) is 11.2. The second-order valence-corrected chi connectivity index (χ2v) is 7.24. The van der Waals surface area contributed by atoms with Gasteiger partial charge < -0.3 is 14.7 Å². The van der Waals surface area contributed by atoms with Crippen LogP contribution in [0.4, 0.5) is 13.6 Å². The number of alkyl halides is 2. The van der Waals surface area contributed by atoms with E-state index in [1.54, 1.807) is 6.92 Å². The van der Waals surface area contributed by atoms with Crippen molar-refractivity contribution in [2.45, 2.75) is 37.3 Å². The van der Waals surface area contributed by atoms with Crippen LogP contribution >= 0.6 is 22.9 Å². The molecule has 3 heterocycles. The Morgan fingerprint density at radius 3 is 2.95 bits per heavy atom. The van der Waals surface area contributed by atoms with E-state index in [1.807, 2.05) is 0 Å². The minimum atomic E-state index is -3.04. The van der Waals surface area contributed by atoms with Gasteiger partial charge in [-0.3, -0.25) is 0 Å². The van der Waals surface area contributed by atoms with E-state index in [0.717, 1.165) is 11.3 Å². The lowest BCUT2D eigenvalue weighted by molar-refractivity contribution is -0.185. The van der Waals surface area contributed by atoms with Crippen molar-refractivity contribution in [3.63, 3.8) is 0 Å². The van der Waals surface area contributed by atoms with Crippen molar-refractivity contribution in [3.05, 3.63) is 20.8 Å². The Bertz CT molecular complexity index is 594. The molecule has 0 saturated carbocycles. The molecule has 8 heteroatoms. The van der Waals surface area contributed by atoms with Gasteiger partial charge in [0, 0.05) is 29.4 Å². The highest BCUT2D eigenvalue weighted by Crippen LogP contribution is 2.53. The summed E-state index contributed by atoms with van der Waals surface area (Å²) in [5.41, 5.74) is -0.917. The van der Waals surface area contributed by atoms with E-state index in [4.69, 9.17) is 21.4 Å². The van der Waals surface area contributed by atoms with Crippen LogP contribution in [0.5, 0.6) is 0 Å². The quantitative estimate of drug-likeness (QED) is 0.781. The first-order valence-electron chi connectivity index (χ1n) is 6.57. The number of rotatable bonds is 0. The molecule has 3 rings (SSSR count). The second kappa shape index (κ2) is 4.79. The molecule has 2 atom stereocenters. The van der Waals surface area contributed by atoms with Crippen molar-refractivity contribution >= 4 is 29.0 Å². The summed E-state index contributed by atoms with van der Waals surface area (Å²) in [4.78, 5) is 12.9. The summed E-state index contributed by atoms with van der Waals surface area (Å²) in [5.74, 6) is -3.04. The minimum absolute atomic E-state index is 0.0697. The largest absolute Gasteiger partial charge is 0.465 e. The average Bonchev–Trinajstić information content (AvgIpc) is 2.79. The van der Waals surface area contributed by atoms with E-state index in [-0.39, 0.29) is 18.2 Å². The number of fused-ring (bicyclic) bond motifs is 2. The molecule has 21 heavy (non-hydrogen) atoms. The molecule has 1 amide bonds. The molecule has 1 aromatic rings. The van der Waals surface area contributed by atoms with Crippen LogP contribution in [0.1, 0.15) is 30.2 Å². The average molecular weight is 338 g/mol. The van der Waals surface area contributed by atoms with Gasteiger partial charge in [-0.05, 0) is 19.4 Å². The number of ether oxygens (including phenoxy) is 1. The fourth-order valence-electron chi connectivity index (χ4n) is 3.18. The van der Waals surface area contributed by atoms with Crippen LogP contribution in [-0.4, -0.2) is 35.3 Å². The van der Waals surface area contributed by atoms with Crippen LogP contribution in [0.3, 0.4) is 0 Å². The summed E-state index contributed by atoms with van der Waals surface area (Å²) in [6.07, 6.45) is -0.272. The first-order chi connectivity index (χ1) is 9.75. The molecule has 4 nitrogen and oxygen atoms in total. The molecule has 1 spiro atoms. The Morgan fingerprint density at radius 1 is 1.62 bits per heavy atom. The maximum Gasteiger partial charge on any atom is 0.407 e. The van der Waals surface area contributed by atoms with Crippen LogP contribution in [-0.2, 0) is 16.3 Å². The second-order valence-electron chi connectivity index (χ2n) is 5.56. The number of nitrogens with zero attached hydrogens (tertiary/aromatic N) is 1. The maximum atomic E-state index is 14.0. The van der Waals surface area contributed by atoms with Crippen molar-refractivity contribution in [1.29, 1.82) is 0 Å². The van der Waals surface area contributed by atoms with Gasteiger partial charge in [0.15, 0.2) is 0 Å². The monoisotopic (exact) mass is 337 g/mol. The molecule has 1 N–H and O–H groups in total. The summed E-state index contributed by atoms with van der Waals surface area (Å²) < 4.78 is 33.8. The third-order valence-electron chi connectivity index (χ3n) is 4.20. The predicted octanol–water partition coefficient (Wildman–Crippen LogP) is 3.88. The zero-order valence-corrected chi connectivity index (χ0v) is 12.8. The number of halogens is 3. The summed E-state index contributed by atoms with van der Waals surface area (Å²) >= 11 is 7.03. The van der Waals surface area contributed by atoms with Gasteiger partial charge >= 0.3 is 6.09 Å². The lowest BCUT2D eigenvalue weighted by atomic mass is 9.81. The van der Waals surface area contributed by atoms with Crippen molar-refractivity contribution in [2.24, 2.45) is 0 Å². The zero-order chi connectivity index (χ0) is 15.4. The van der Waals surface area contributed by atoms with Crippen LogP contribution in [0, 0.1) is 0 Å². The molecule has 116 valence electrons. The lowest BCUT2D eigenvalue weighted by Crippen LogP contribution is -2.53. The highest BCUT2D eigenvalue weighted by molar-refractivity contribution is 7.16. The standard InChI is InChI=1S/C13H14ClF2NO3S/c1-7-5-12(2-3-17(7)11(18)19)10-8(4-9(14)21-10)13(15,16)6-20-12/h4,7H,2-3,5-6H2,1H3,(H,18,19)/t7-,12+/m0/s1. The Hall–Kier alpha value is -0.920. The van der Waals surface area contributed by atoms with Gasteiger partial charge in [-0.1, -0.05) is 11.6 Å². The summed E-state index contributed by atoms with van der Waals surface area (Å²) in [6.45, 7) is 1.34. The smallest absolute Gasteiger partial charge is 0.407 e. The van der Waals surface area contributed by atoms with Gasteiger partial charge in [0.25, 0.3) is 5.92 Å². The van der Waals surface area contributed by atoms with E-state index in [0.29, 0.717) is 22.1 Å². The van der Waals surface area contributed by atoms with Gasteiger partial charge in [0.05, 0.1) is 4.34 Å². The van der Waals surface area contributed by atoms with Crippen LogP contribution in [0.2, 0.25) is 4.34 Å². The summed E-state index contributed by atoms with van der Waals surface area (Å²) in [5, 5.41) is 9.12. The van der Waals surface area contributed by atoms with Gasteiger partial charge in [-0.2, -0.15) is 8.78 Å². The highest BCUT2D eigenvalue weighted by atomic mass is 35.5. The van der Waals surface area contributed by atoms with Crippen LogP contribution < -0.4 is 0 Å². The molecule has 0 bridgehead atoms. The van der Waals surface area contributed by atoms with Gasteiger partial charge in [-0.15, -0.1) is 11.3 Å². The molecule has 2 aliphatic rings. The molecule has 0 aliphatic carbocycles. The van der Waals surface area contributed by atoms with E-state index < -0.39 is 24.2 Å². The third-order valence-corrected chi connectivity index (χ3v) is 5.65. The Balaban J connectivity index is 1.99. The van der Waals surface area contributed by atoms with E-state index >= 15 is 0 Å². The molecule has 2 aliphatic heterocycles. The van der Waals surface area contributed by atoms with E-state index in [9.17, 15) is 13.6 Å². The first-order valence-corrected chi connectivity index (χ1v) is 7.76. The highest BCUT2D eigenvalue weighted by Gasteiger charge is 2.53. The number of amides is 1. The lowest BCUT2D eigenvalue weighted by Gasteiger charge is -2.47. The maximum absolute atomic E-state index is 14.0. The van der Waals surface area contributed by atoms with Gasteiger partial charge in [-0.25, -0.2) is 4.79 Å². The molecule has 0 radical (unpaired) electrons. The molecule has 0 unspecified atom stereocenters. The fourth-order valence-corrected chi connectivity index (χ4v) is 4.64. The Labute approximate surface area is 129 Å². The topological polar surface area (TPSA) is 49.8 Å². The van der Waals surface area contributed by atoms with Gasteiger partial charge in [0.1, 0.15) is 12.2 Å². The summed E-state index contributed by atoms with van der Waals surface area (Å²) in [6, 6.07) is 1.01. The Kier molecular flexibility index (Phi) is 3.42. The van der Waals surface area contributed by atoms with E-state index in [2.05, 4.69) is 0 Å². The van der Waals surface area contributed by atoms with Crippen molar-refractivity contribution in [3.8, 4) is 0 Å². The molecule has 1 aromatic heterocycles. The van der Waals surface area contributed by atoms with Crippen molar-refractivity contribution in [1.82, 2.24) is 4.90 Å². The number of hydrogen-bond donors (Lipinski definition) is 1. The van der Waals surface area contributed by atoms with Crippen molar-refractivity contribution in [2.75, 3.05) is 13.2 Å². The minimum Gasteiger partial charge on any atom is -0.465 e. The Morgan fingerprint density at radius 2 is 2.33 bits per heavy atom. The number of piperidine rings is 1. The SMILES string of the molecule is C[C@H]1C[C@@]2(CCN1C(=O)O)OCC(F)(F)c1cc(Cl)sc12. The number of carboxylic acid groups (broad SMARTS) is 1. The molecule has 0 aromatic carbocycles. The molecular formula is C13H14ClF2NO3S. The number of thiophene rings is 1. The number of hydrogen-bond acceptors (Lipinski definition) is 3. The molecule has 1 saturated heterocycles. The predicted molar refractivity (Wildman–Crippen MR) is 74.3 cm³/mol. The van der Waals surface area contributed by atoms with Crippen molar-refractivity contribution < 1.29 is 23.4 Å². The third kappa shape index (κ3) is 2.31. The summed E-state index contributed by atoms with van der Waals surface area (Å²) in [7, 11) is 0. The number of carbonyl (C=O) groups is 1. The van der Waals surface area contributed by atoms with Gasteiger partial charge in [0.2, 0.25) is 0 Å². The first kappa shape index (κ1) is 15.0. The van der Waals surface area contributed by atoms with Crippen LogP contribution in [0.25, 0.3) is 0 Å².